The number of carbonyl (C=O) groups is 2. The maximum Gasteiger partial charge on any atom is 0.243 e. The molecule has 0 aliphatic heterocycles. The van der Waals surface area contributed by atoms with Crippen molar-refractivity contribution in [3.63, 3.8) is 0 Å². The van der Waals surface area contributed by atoms with Crippen LogP contribution in [0.15, 0.2) is 72.8 Å². The van der Waals surface area contributed by atoms with E-state index in [-0.39, 0.29) is 24.1 Å². The molecule has 1 atom stereocenters. The maximum atomic E-state index is 14.6. The van der Waals surface area contributed by atoms with Gasteiger partial charge in [-0.05, 0) is 35.7 Å². The quantitative estimate of drug-likeness (QED) is 0.281. The summed E-state index contributed by atoms with van der Waals surface area (Å²) >= 11 is 13.6. The first kappa shape index (κ1) is 28.0. The van der Waals surface area contributed by atoms with Crippen molar-refractivity contribution in [3.05, 3.63) is 105 Å². The van der Waals surface area contributed by atoms with Crippen LogP contribution in [0.4, 0.5) is 4.39 Å². The largest absolute Gasteiger partial charge is 0.354 e. The molecular formula is C28H29Cl2FN2O2S. The molecule has 2 amide bonds. The summed E-state index contributed by atoms with van der Waals surface area (Å²) < 4.78 is 14.6. The van der Waals surface area contributed by atoms with Crippen LogP contribution in [0.5, 0.6) is 0 Å². The highest BCUT2D eigenvalue weighted by atomic mass is 35.5. The maximum absolute atomic E-state index is 14.6. The third-order valence-electron chi connectivity index (χ3n) is 5.62. The number of nitrogens with one attached hydrogen (secondary N) is 1. The lowest BCUT2D eigenvalue weighted by molar-refractivity contribution is -0.139. The smallest absolute Gasteiger partial charge is 0.243 e. The second kappa shape index (κ2) is 14.3. The van der Waals surface area contributed by atoms with Gasteiger partial charge in [0.2, 0.25) is 11.8 Å². The molecule has 8 heteroatoms. The molecule has 0 bridgehead atoms. The zero-order chi connectivity index (χ0) is 25.9. The van der Waals surface area contributed by atoms with Gasteiger partial charge in [-0.1, -0.05) is 84.7 Å². The Bertz CT molecular complexity index is 1160. The molecule has 0 aromatic heterocycles. The first-order valence-corrected chi connectivity index (χ1v) is 13.7. The van der Waals surface area contributed by atoms with E-state index in [1.807, 2.05) is 43.3 Å². The van der Waals surface area contributed by atoms with Crippen LogP contribution in [0.25, 0.3) is 0 Å². The van der Waals surface area contributed by atoms with E-state index < -0.39 is 11.9 Å². The summed E-state index contributed by atoms with van der Waals surface area (Å²) in [6.07, 6.45) is 1.09. The number of hydrogen-bond donors (Lipinski definition) is 1. The number of hydrogen-bond acceptors (Lipinski definition) is 3. The van der Waals surface area contributed by atoms with Gasteiger partial charge in [0.25, 0.3) is 0 Å². The van der Waals surface area contributed by atoms with Crippen molar-refractivity contribution in [1.29, 1.82) is 0 Å². The Morgan fingerprint density at radius 2 is 1.72 bits per heavy atom. The fourth-order valence-corrected chi connectivity index (χ4v) is 5.17. The van der Waals surface area contributed by atoms with Gasteiger partial charge in [-0.3, -0.25) is 9.59 Å². The topological polar surface area (TPSA) is 49.4 Å². The lowest BCUT2D eigenvalue weighted by atomic mass is 10.0. The predicted octanol–water partition coefficient (Wildman–Crippen LogP) is 6.53. The van der Waals surface area contributed by atoms with Gasteiger partial charge in [-0.2, -0.15) is 0 Å². The van der Waals surface area contributed by atoms with Crippen molar-refractivity contribution in [2.45, 2.75) is 38.1 Å². The molecule has 3 rings (SSSR count). The molecule has 3 aromatic carbocycles. The molecule has 36 heavy (non-hydrogen) atoms. The van der Waals surface area contributed by atoms with Gasteiger partial charge >= 0.3 is 0 Å². The van der Waals surface area contributed by atoms with Crippen LogP contribution in [0.3, 0.4) is 0 Å². The summed E-state index contributed by atoms with van der Waals surface area (Å²) in [5.74, 6) is -0.305. The molecule has 0 saturated carbocycles. The molecule has 0 spiro atoms. The van der Waals surface area contributed by atoms with Crippen LogP contribution >= 0.6 is 35.0 Å². The number of nitrogens with zero attached hydrogens (tertiary/aromatic N) is 1. The summed E-state index contributed by atoms with van der Waals surface area (Å²) in [5, 5.41) is 4.00. The number of halogens is 3. The van der Waals surface area contributed by atoms with E-state index in [2.05, 4.69) is 5.32 Å². The van der Waals surface area contributed by atoms with E-state index >= 15 is 0 Å². The molecule has 3 aromatic rings. The lowest BCUT2D eigenvalue weighted by Gasteiger charge is -2.31. The minimum absolute atomic E-state index is 0.00911. The number of carbonyl (C=O) groups excluding carboxylic acids is 2. The molecule has 0 aliphatic carbocycles. The summed E-state index contributed by atoms with van der Waals surface area (Å²) in [5.41, 5.74) is 2.14. The Hall–Kier alpha value is -2.54. The average Bonchev–Trinajstić information content (AvgIpc) is 2.87. The SMILES string of the molecule is CCCNC(=O)[C@H](Cc1ccccc1)N(Cc1ccccc1F)C(=O)CSCc1ccc(Cl)cc1Cl. The van der Waals surface area contributed by atoms with Gasteiger partial charge in [-0.15, -0.1) is 11.8 Å². The Kier molecular flexibility index (Phi) is 11.1. The zero-order valence-electron chi connectivity index (χ0n) is 20.1. The van der Waals surface area contributed by atoms with Crippen molar-refractivity contribution < 1.29 is 14.0 Å². The minimum Gasteiger partial charge on any atom is -0.354 e. The van der Waals surface area contributed by atoms with E-state index in [0.29, 0.717) is 34.3 Å². The summed E-state index contributed by atoms with van der Waals surface area (Å²) in [7, 11) is 0. The highest BCUT2D eigenvalue weighted by molar-refractivity contribution is 7.99. The first-order valence-electron chi connectivity index (χ1n) is 11.7. The Morgan fingerprint density at radius 1 is 1.00 bits per heavy atom. The third kappa shape index (κ3) is 8.26. The van der Waals surface area contributed by atoms with Crippen LogP contribution in [0.2, 0.25) is 10.0 Å². The Morgan fingerprint density at radius 3 is 2.42 bits per heavy atom. The molecule has 190 valence electrons. The number of rotatable bonds is 12. The fourth-order valence-electron chi connectivity index (χ4n) is 3.70. The molecule has 4 nitrogen and oxygen atoms in total. The fraction of sp³-hybridized carbons (Fsp3) is 0.286. The standard InChI is InChI=1S/C28H29Cl2FN2O2S/c1-2-14-32-28(35)26(15-20-8-4-3-5-9-20)33(17-21-10-6-7-11-25(21)31)27(34)19-36-18-22-12-13-23(29)16-24(22)30/h3-13,16,26H,2,14-15,17-19H2,1H3,(H,32,35)/t26-/m0/s1. The van der Waals surface area contributed by atoms with E-state index in [4.69, 9.17) is 23.2 Å². The molecule has 1 N–H and O–H groups in total. The molecule has 0 fully saturated rings. The van der Waals surface area contributed by atoms with Crippen molar-refractivity contribution in [2.75, 3.05) is 12.3 Å². The first-order chi connectivity index (χ1) is 17.4. The van der Waals surface area contributed by atoms with Gasteiger partial charge in [0.05, 0.1) is 5.75 Å². The molecule has 0 aliphatic rings. The summed E-state index contributed by atoms with van der Waals surface area (Å²) in [4.78, 5) is 28.3. The molecule has 0 heterocycles. The average molecular weight is 548 g/mol. The van der Waals surface area contributed by atoms with Gasteiger partial charge in [0.15, 0.2) is 0 Å². The van der Waals surface area contributed by atoms with E-state index in [0.717, 1.165) is 17.5 Å². The van der Waals surface area contributed by atoms with Crippen molar-refractivity contribution in [1.82, 2.24) is 10.2 Å². The summed E-state index contributed by atoms with van der Waals surface area (Å²) in [6, 6.07) is 20.3. The van der Waals surface area contributed by atoms with Gasteiger partial charge in [0.1, 0.15) is 11.9 Å². The van der Waals surface area contributed by atoms with Crippen molar-refractivity contribution >= 4 is 46.8 Å². The molecule has 0 radical (unpaired) electrons. The van der Waals surface area contributed by atoms with Crippen LogP contribution in [0.1, 0.15) is 30.0 Å². The van der Waals surface area contributed by atoms with Crippen LogP contribution in [-0.4, -0.2) is 35.1 Å². The second-order valence-electron chi connectivity index (χ2n) is 8.34. The predicted molar refractivity (Wildman–Crippen MR) is 147 cm³/mol. The Labute approximate surface area is 226 Å². The molecule has 0 unspecified atom stereocenters. The van der Waals surface area contributed by atoms with Gasteiger partial charge in [0, 0.05) is 40.9 Å². The molecular weight excluding hydrogens is 518 g/mol. The third-order valence-corrected chi connectivity index (χ3v) is 7.17. The monoisotopic (exact) mass is 546 g/mol. The van der Waals surface area contributed by atoms with E-state index in [1.165, 1.54) is 22.7 Å². The highest BCUT2D eigenvalue weighted by Gasteiger charge is 2.30. The van der Waals surface area contributed by atoms with Crippen LogP contribution < -0.4 is 5.32 Å². The second-order valence-corrected chi connectivity index (χ2v) is 10.2. The van der Waals surface area contributed by atoms with Crippen LogP contribution in [-0.2, 0) is 28.3 Å². The Balaban J connectivity index is 1.84. The highest BCUT2D eigenvalue weighted by Crippen LogP contribution is 2.25. The van der Waals surface area contributed by atoms with Gasteiger partial charge < -0.3 is 10.2 Å². The van der Waals surface area contributed by atoms with Gasteiger partial charge in [-0.25, -0.2) is 4.39 Å². The van der Waals surface area contributed by atoms with Crippen molar-refractivity contribution in [3.8, 4) is 0 Å². The van der Waals surface area contributed by atoms with E-state index in [1.54, 1.807) is 30.3 Å². The zero-order valence-corrected chi connectivity index (χ0v) is 22.4. The summed E-state index contributed by atoms with van der Waals surface area (Å²) in [6.45, 7) is 2.45. The van der Waals surface area contributed by atoms with Crippen molar-refractivity contribution in [2.24, 2.45) is 0 Å². The minimum atomic E-state index is -0.786. The number of amides is 2. The number of benzene rings is 3. The van der Waals surface area contributed by atoms with Crippen LogP contribution in [0, 0.1) is 5.82 Å². The molecule has 0 saturated heterocycles. The lowest BCUT2D eigenvalue weighted by Crippen LogP contribution is -2.51. The van der Waals surface area contributed by atoms with E-state index in [9.17, 15) is 14.0 Å². The number of thioether (sulfide) groups is 1. The normalized spacial score (nSPS) is 11.7.